The van der Waals surface area contributed by atoms with Crippen LogP contribution in [0.1, 0.15) is 23.9 Å². The molecule has 112 valence electrons. The van der Waals surface area contributed by atoms with E-state index in [2.05, 4.69) is 19.7 Å². The van der Waals surface area contributed by atoms with Gasteiger partial charge < -0.3 is 9.67 Å². The average molecular weight is 327 g/mol. The zero-order valence-corrected chi connectivity index (χ0v) is 12.9. The average Bonchev–Trinajstić information content (AvgIpc) is 2.95. The highest BCUT2D eigenvalue weighted by Gasteiger charge is 2.19. The molecule has 1 aliphatic rings. The van der Waals surface area contributed by atoms with Crippen LogP contribution in [0.2, 0.25) is 10.0 Å². The lowest BCUT2D eigenvalue weighted by Gasteiger charge is -2.27. The molecule has 7 heteroatoms. The topological polar surface area (TPSA) is 54.2 Å². The Morgan fingerprint density at radius 2 is 2.14 bits per heavy atom. The molecule has 0 saturated heterocycles. The number of aliphatic hydroxyl groups is 1. The maximum absolute atomic E-state index is 10.3. The van der Waals surface area contributed by atoms with Gasteiger partial charge in [-0.2, -0.15) is 0 Å². The molecule has 1 aliphatic heterocycles. The molecule has 0 amide bonds. The summed E-state index contributed by atoms with van der Waals surface area (Å²) in [6.45, 7) is 3.35. The molecule has 0 bridgehead atoms. The molecule has 0 radical (unpaired) electrons. The quantitative estimate of drug-likeness (QED) is 0.938. The number of hydrogen-bond acceptors (Lipinski definition) is 4. The first-order valence-electron chi connectivity index (χ1n) is 6.86. The maximum atomic E-state index is 10.3. The number of aliphatic hydroxyl groups excluding tert-OH is 1. The van der Waals surface area contributed by atoms with Crippen molar-refractivity contribution in [3.05, 3.63) is 46.0 Å². The van der Waals surface area contributed by atoms with Crippen LogP contribution in [0.3, 0.4) is 0 Å². The summed E-state index contributed by atoms with van der Waals surface area (Å²) in [5.41, 5.74) is 0.685. The zero-order chi connectivity index (χ0) is 14.8. The Bertz CT molecular complexity index is 631. The van der Waals surface area contributed by atoms with Gasteiger partial charge in [-0.05, 0) is 12.5 Å². The van der Waals surface area contributed by atoms with Gasteiger partial charge in [0.15, 0.2) is 0 Å². The summed E-state index contributed by atoms with van der Waals surface area (Å²) in [4.78, 5) is 2.26. The van der Waals surface area contributed by atoms with Gasteiger partial charge in [-0.25, -0.2) is 0 Å². The van der Waals surface area contributed by atoms with Crippen molar-refractivity contribution in [2.24, 2.45) is 0 Å². The molecule has 0 aliphatic carbocycles. The monoisotopic (exact) mass is 326 g/mol. The van der Waals surface area contributed by atoms with Crippen LogP contribution in [0.25, 0.3) is 0 Å². The molecule has 1 N–H and O–H groups in total. The lowest BCUT2D eigenvalue weighted by Crippen LogP contribution is -2.34. The fraction of sp³-hybridized carbons (Fsp3) is 0.429. The highest BCUT2D eigenvalue weighted by molar-refractivity contribution is 6.42. The van der Waals surface area contributed by atoms with E-state index in [9.17, 15) is 5.11 Å². The Kier molecular flexibility index (Phi) is 4.45. The van der Waals surface area contributed by atoms with Crippen LogP contribution in [-0.2, 0) is 13.1 Å². The first-order chi connectivity index (χ1) is 10.1. The van der Waals surface area contributed by atoms with Crippen molar-refractivity contribution in [2.75, 3.05) is 13.1 Å². The molecule has 0 fully saturated rings. The number of fused-ring (bicyclic) bond motifs is 1. The fourth-order valence-corrected chi connectivity index (χ4v) is 2.98. The number of hydrogen-bond donors (Lipinski definition) is 1. The van der Waals surface area contributed by atoms with E-state index in [-0.39, 0.29) is 0 Å². The number of nitrogens with zero attached hydrogens (tertiary/aromatic N) is 4. The molecule has 0 spiro atoms. The molecule has 2 aromatic rings. The van der Waals surface area contributed by atoms with Gasteiger partial charge in [-0.3, -0.25) is 4.90 Å². The predicted octanol–water partition coefficient (Wildman–Crippen LogP) is 2.52. The molecule has 1 aromatic carbocycles. The molecule has 1 atom stereocenters. The standard InChI is InChI=1S/C14H16Cl2N4O/c15-11-3-1-2-10(14(11)16)12(21)4-5-19-6-7-20-9-17-18-13(20)8-19/h1-3,9,12,21H,4-8H2. The summed E-state index contributed by atoms with van der Waals surface area (Å²) in [6, 6.07) is 5.33. The second-order valence-corrected chi connectivity index (χ2v) is 5.95. The molecule has 3 rings (SSSR count). The van der Waals surface area contributed by atoms with Crippen LogP contribution in [0, 0.1) is 0 Å². The minimum absolute atomic E-state index is 0.435. The summed E-state index contributed by atoms with van der Waals surface area (Å²) in [6.07, 6.45) is 1.75. The molecule has 5 nitrogen and oxygen atoms in total. The van der Waals surface area contributed by atoms with E-state index >= 15 is 0 Å². The van der Waals surface area contributed by atoms with Gasteiger partial charge in [0.2, 0.25) is 0 Å². The zero-order valence-electron chi connectivity index (χ0n) is 11.4. The van der Waals surface area contributed by atoms with E-state index in [1.165, 1.54) is 0 Å². The van der Waals surface area contributed by atoms with Gasteiger partial charge in [-0.15, -0.1) is 10.2 Å². The summed E-state index contributed by atoms with van der Waals surface area (Å²) in [7, 11) is 0. The third kappa shape index (κ3) is 3.21. The van der Waals surface area contributed by atoms with E-state index < -0.39 is 6.10 Å². The van der Waals surface area contributed by atoms with E-state index in [1.54, 1.807) is 18.5 Å². The molecule has 2 heterocycles. The third-order valence-corrected chi connectivity index (χ3v) is 4.61. The van der Waals surface area contributed by atoms with Crippen molar-refractivity contribution in [3.63, 3.8) is 0 Å². The molecular formula is C14H16Cl2N4O. The van der Waals surface area contributed by atoms with E-state index in [4.69, 9.17) is 23.2 Å². The lowest BCUT2D eigenvalue weighted by atomic mass is 10.1. The predicted molar refractivity (Wildman–Crippen MR) is 81.3 cm³/mol. The van der Waals surface area contributed by atoms with Crippen LogP contribution >= 0.6 is 23.2 Å². The van der Waals surface area contributed by atoms with Crippen molar-refractivity contribution in [2.45, 2.75) is 25.6 Å². The van der Waals surface area contributed by atoms with Crippen molar-refractivity contribution in [3.8, 4) is 0 Å². The van der Waals surface area contributed by atoms with Crippen molar-refractivity contribution in [1.82, 2.24) is 19.7 Å². The van der Waals surface area contributed by atoms with Crippen molar-refractivity contribution < 1.29 is 5.11 Å². The van der Waals surface area contributed by atoms with Gasteiger partial charge in [0, 0.05) is 25.2 Å². The molecule has 1 unspecified atom stereocenters. The van der Waals surface area contributed by atoms with Gasteiger partial charge in [-0.1, -0.05) is 35.3 Å². The largest absolute Gasteiger partial charge is 0.388 e. The van der Waals surface area contributed by atoms with Crippen molar-refractivity contribution in [1.29, 1.82) is 0 Å². The summed E-state index contributed by atoms with van der Waals surface area (Å²) in [5.74, 6) is 0.969. The van der Waals surface area contributed by atoms with E-state index in [0.717, 1.165) is 32.0 Å². The summed E-state index contributed by atoms with van der Waals surface area (Å²) < 4.78 is 2.06. The summed E-state index contributed by atoms with van der Waals surface area (Å²) >= 11 is 12.1. The first kappa shape index (κ1) is 14.8. The van der Waals surface area contributed by atoms with Gasteiger partial charge in [0.25, 0.3) is 0 Å². The van der Waals surface area contributed by atoms with Gasteiger partial charge in [0.05, 0.1) is 22.7 Å². The number of aromatic nitrogens is 3. The third-order valence-electron chi connectivity index (χ3n) is 3.78. The number of benzene rings is 1. The highest BCUT2D eigenvalue weighted by Crippen LogP contribution is 2.31. The minimum atomic E-state index is -0.615. The molecular weight excluding hydrogens is 311 g/mol. The Hall–Kier alpha value is -1.14. The minimum Gasteiger partial charge on any atom is -0.388 e. The maximum Gasteiger partial charge on any atom is 0.147 e. The second kappa shape index (κ2) is 6.32. The Morgan fingerprint density at radius 1 is 1.29 bits per heavy atom. The first-order valence-corrected chi connectivity index (χ1v) is 7.62. The molecule has 21 heavy (non-hydrogen) atoms. The van der Waals surface area contributed by atoms with Crippen LogP contribution < -0.4 is 0 Å². The van der Waals surface area contributed by atoms with Crippen LogP contribution in [-0.4, -0.2) is 37.9 Å². The Balaban J connectivity index is 1.59. The fourth-order valence-electron chi connectivity index (χ4n) is 2.55. The smallest absolute Gasteiger partial charge is 0.147 e. The van der Waals surface area contributed by atoms with Crippen LogP contribution in [0.4, 0.5) is 0 Å². The normalized spacial score (nSPS) is 16.7. The highest BCUT2D eigenvalue weighted by atomic mass is 35.5. The molecule has 1 aromatic heterocycles. The van der Waals surface area contributed by atoms with E-state index in [1.807, 2.05) is 6.07 Å². The van der Waals surface area contributed by atoms with Gasteiger partial charge in [0.1, 0.15) is 12.2 Å². The number of halogens is 2. The second-order valence-electron chi connectivity index (χ2n) is 5.16. The van der Waals surface area contributed by atoms with Crippen LogP contribution in [0.15, 0.2) is 24.5 Å². The van der Waals surface area contributed by atoms with Crippen molar-refractivity contribution >= 4 is 23.2 Å². The van der Waals surface area contributed by atoms with Gasteiger partial charge >= 0.3 is 0 Å². The number of rotatable bonds is 4. The van der Waals surface area contributed by atoms with Crippen LogP contribution in [0.5, 0.6) is 0 Å². The molecule has 0 saturated carbocycles. The Morgan fingerprint density at radius 3 is 3.00 bits per heavy atom. The van der Waals surface area contributed by atoms with E-state index in [0.29, 0.717) is 22.0 Å². The SMILES string of the molecule is OC(CCN1CCn2cnnc2C1)c1cccc(Cl)c1Cl. The summed E-state index contributed by atoms with van der Waals surface area (Å²) in [5, 5.41) is 19.2. The Labute approximate surface area is 133 Å². The lowest BCUT2D eigenvalue weighted by molar-refractivity contribution is 0.130.